The third-order valence-electron chi connectivity index (χ3n) is 3.98. The van der Waals surface area contributed by atoms with E-state index in [-0.39, 0.29) is 5.97 Å². The molecule has 0 aromatic carbocycles. The van der Waals surface area contributed by atoms with Crippen molar-refractivity contribution in [2.45, 2.75) is 51.0 Å². The molecule has 0 radical (unpaired) electrons. The zero-order valence-corrected chi connectivity index (χ0v) is 11.3. The fourth-order valence-electron chi connectivity index (χ4n) is 3.04. The van der Waals surface area contributed by atoms with E-state index >= 15 is 0 Å². The molecule has 0 spiro atoms. The summed E-state index contributed by atoms with van der Waals surface area (Å²) in [6, 6.07) is 0. The van der Waals surface area contributed by atoms with Gasteiger partial charge >= 0.3 is 5.97 Å². The topological polar surface area (TPSA) is 46.5 Å². The van der Waals surface area contributed by atoms with Gasteiger partial charge in [0.05, 0.1) is 12.2 Å². The number of ether oxygens (including phenoxy) is 1. The van der Waals surface area contributed by atoms with Crippen LogP contribution in [-0.4, -0.2) is 23.3 Å². The molecule has 0 aromatic rings. The van der Waals surface area contributed by atoms with Gasteiger partial charge in [0, 0.05) is 0 Å². The van der Waals surface area contributed by atoms with E-state index in [4.69, 9.17) is 4.74 Å². The summed E-state index contributed by atoms with van der Waals surface area (Å²) < 4.78 is 5.20. The Morgan fingerprint density at radius 1 is 1.28 bits per heavy atom. The minimum atomic E-state index is -1.05. The molecule has 3 nitrogen and oxygen atoms in total. The lowest BCUT2D eigenvalue weighted by atomic mass is 9.60. The van der Waals surface area contributed by atoms with E-state index in [1.807, 2.05) is 0 Å². The van der Waals surface area contributed by atoms with Gasteiger partial charge in [-0.3, -0.25) is 4.79 Å². The van der Waals surface area contributed by atoms with Gasteiger partial charge < -0.3 is 9.84 Å². The normalized spacial score (nSPS) is 31.7. The number of carbonyl (C=O) groups is 1. The average molecular weight is 252 g/mol. The first-order valence-corrected chi connectivity index (χ1v) is 6.67. The molecule has 0 bridgehead atoms. The smallest absolute Gasteiger partial charge is 0.315 e. The lowest BCUT2D eigenvalue weighted by Gasteiger charge is -2.48. The molecule has 1 aliphatic rings. The van der Waals surface area contributed by atoms with Gasteiger partial charge in [0.15, 0.2) is 0 Å². The van der Waals surface area contributed by atoms with Crippen molar-refractivity contribution in [3.05, 3.63) is 25.3 Å². The second kappa shape index (κ2) is 6.19. The SMILES string of the molecule is C=CC[C@@]1(O)CCCC[C@]1(CC=C)C(=O)OCC. The van der Waals surface area contributed by atoms with Crippen LogP contribution in [0.4, 0.5) is 0 Å². The number of esters is 1. The van der Waals surface area contributed by atoms with E-state index in [9.17, 15) is 9.90 Å². The molecule has 0 unspecified atom stereocenters. The van der Waals surface area contributed by atoms with Gasteiger partial charge in [-0.2, -0.15) is 0 Å². The Morgan fingerprint density at radius 2 is 1.89 bits per heavy atom. The molecule has 2 atom stereocenters. The summed E-state index contributed by atoms with van der Waals surface area (Å²) in [5, 5.41) is 10.9. The summed E-state index contributed by atoms with van der Waals surface area (Å²) >= 11 is 0. The predicted molar refractivity (Wildman–Crippen MR) is 72.1 cm³/mol. The maximum atomic E-state index is 12.3. The average Bonchev–Trinajstić information content (AvgIpc) is 2.33. The molecule has 1 N–H and O–H groups in total. The molecule has 1 rings (SSSR count). The van der Waals surface area contributed by atoms with Crippen LogP contribution in [0.1, 0.15) is 45.4 Å². The van der Waals surface area contributed by atoms with Crippen LogP contribution in [0.25, 0.3) is 0 Å². The molecule has 1 fully saturated rings. The van der Waals surface area contributed by atoms with E-state index in [0.29, 0.717) is 32.3 Å². The van der Waals surface area contributed by atoms with Gasteiger partial charge in [0.25, 0.3) is 0 Å². The highest BCUT2D eigenvalue weighted by molar-refractivity contribution is 5.79. The van der Waals surface area contributed by atoms with Crippen molar-refractivity contribution in [3.63, 3.8) is 0 Å². The number of hydrogen-bond acceptors (Lipinski definition) is 3. The zero-order chi connectivity index (χ0) is 13.6. The van der Waals surface area contributed by atoms with Crippen molar-refractivity contribution in [1.82, 2.24) is 0 Å². The predicted octanol–water partition coefficient (Wildman–Crippen LogP) is 2.99. The summed E-state index contributed by atoms with van der Waals surface area (Å²) in [4.78, 5) is 12.3. The van der Waals surface area contributed by atoms with Crippen LogP contribution in [0.5, 0.6) is 0 Å². The summed E-state index contributed by atoms with van der Waals surface area (Å²) in [6.07, 6.45) is 7.40. The van der Waals surface area contributed by atoms with Crippen molar-refractivity contribution in [2.24, 2.45) is 5.41 Å². The maximum absolute atomic E-state index is 12.3. The molecular weight excluding hydrogens is 228 g/mol. The summed E-state index contributed by atoms with van der Waals surface area (Å²) in [5.41, 5.74) is -1.90. The molecule has 0 aliphatic heterocycles. The molecule has 1 saturated carbocycles. The molecule has 0 saturated heterocycles. The third-order valence-corrected chi connectivity index (χ3v) is 3.98. The minimum absolute atomic E-state index is 0.297. The quantitative estimate of drug-likeness (QED) is 0.584. The monoisotopic (exact) mass is 252 g/mol. The number of allylic oxidation sites excluding steroid dienone is 1. The molecule has 102 valence electrons. The number of carbonyl (C=O) groups excluding carboxylic acids is 1. The van der Waals surface area contributed by atoms with Gasteiger partial charge in [0.2, 0.25) is 0 Å². The molecule has 3 heteroatoms. The number of aliphatic hydroxyl groups is 1. The van der Waals surface area contributed by atoms with Gasteiger partial charge in [-0.15, -0.1) is 13.2 Å². The minimum Gasteiger partial charge on any atom is -0.465 e. The molecule has 0 heterocycles. The first-order valence-electron chi connectivity index (χ1n) is 6.67. The van der Waals surface area contributed by atoms with Crippen LogP contribution in [0.15, 0.2) is 25.3 Å². The highest BCUT2D eigenvalue weighted by atomic mass is 16.5. The van der Waals surface area contributed by atoms with E-state index < -0.39 is 11.0 Å². The van der Waals surface area contributed by atoms with Crippen LogP contribution in [0.3, 0.4) is 0 Å². The third kappa shape index (κ3) is 2.51. The van der Waals surface area contributed by atoms with Crippen molar-refractivity contribution in [2.75, 3.05) is 6.61 Å². The Morgan fingerprint density at radius 3 is 2.44 bits per heavy atom. The largest absolute Gasteiger partial charge is 0.465 e. The van der Waals surface area contributed by atoms with Crippen molar-refractivity contribution in [3.8, 4) is 0 Å². The van der Waals surface area contributed by atoms with Gasteiger partial charge in [-0.1, -0.05) is 25.0 Å². The molecule has 1 aliphatic carbocycles. The van der Waals surface area contributed by atoms with Gasteiger partial charge in [-0.05, 0) is 32.6 Å². The first-order chi connectivity index (χ1) is 8.56. The summed E-state index contributed by atoms with van der Waals surface area (Å²) in [7, 11) is 0. The van der Waals surface area contributed by atoms with Crippen LogP contribution >= 0.6 is 0 Å². The van der Waals surface area contributed by atoms with Gasteiger partial charge in [0.1, 0.15) is 5.41 Å². The molecule has 0 aromatic heterocycles. The maximum Gasteiger partial charge on any atom is 0.315 e. The summed E-state index contributed by atoms with van der Waals surface area (Å²) in [6.45, 7) is 9.54. The highest BCUT2D eigenvalue weighted by Crippen LogP contribution is 2.50. The Balaban J connectivity index is 3.13. The van der Waals surface area contributed by atoms with Gasteiger partial charge in [-0.25, -0.2) is 0 Å². The second-order valence-corrected chi connectivity index (χ2v) is 5.03. The van der Waals surface area contributed by atoms with E-state index in [0.717, 1.165) is 12.8 Å². The Bertz CT molecular complexity index is 324. The zero-order valence-electron chi connectivity index (χ0n) is 11.3. The van der Waals surface area contributed by atoms with Crippen LogP contribution in [-0.2, 0) is 9.53 Å². The van der Waals surface area contributed by atoms with E-state index in [1.54, 1.807) is 19.1 Å². The van der Waals surface area contributed by atoms with Crippen LogP contribution in [0.2, 0.25) is 0 Å². The van der Waals surface area contributed by atoms with E-state index in [2.05, 4.69) is 13.2 Å². The fraction of sp³-hybridized carbons (Fsp3) is 0.667. The summed E-state index contributed by atoms with van der Waals surface area (Å²) in [5.74, 6) is -0.297. The second-order valence-electron chi connectivity index (χ2n) is 5.03. The van der Waals surface area contributed by atoms with Crippen molar-refractivity contribution >= 4 is 5.97 Å². The lowest BCUT2D eigenvalue weighted by Crippen LogP contribution is -2.55. The molecule has 0 amide bonds. The Labute approximate surface area is 110 Å². The number of rotatable bonds is 6. The molecule has 18 heavy (non-hydrogen) atoms. The van der Waals surface area contributed by atoms with Crippen molar-refractivity contribution < 1.29 is 14.6 Å². The lowest BCUT2D eigenvalue weighted by molar-refractivity contribution is -0.182. The Hall–Kier alpha value is -1.09. The number of hydrogen-bond donors (Lipinski definition) is 1. The fourth-order valence-corrected chi connectivity index (χ4v) is 3.04. The highest BCUT2D eigenvalue weighted by Gasteiger charge is 2.56. The standard InChI is InChI=1S/C15H24O3/c1-4-9-14(13(16)18-6-3)11-7-8-12-15(14,17)10-5-2/h4-5,17H,1-2,6-12H2,3H3/t14-,15-/m1/s1. The van der Waals surface area contributed by atoms with Crippen molar-refractivity contribution in [1.29, 1.82) is 0 Å². The van der Waals surface area contributed by atoms with Crippen LogP contribution in [0, 0.1) is 5.41 Å². The molecular formula is C15H24O3. The first kappa shape index (κ1) is 15.0. The van der Waals surface area contributed by atoms with E-state index in [1.165, 1.54) is 0 Å². The van der Waals surface area contributed by atoms with Crippen LogP contribution < -0.4 is 0 Å². The Kier molecular flexibility index (Phi) is 5.15.